The maximum absolute atomic E-state index is 2.35. The topological polar surface area (TPSA) is 13.3 Å². The van der Waals surface area contributed by atoms with E-state index in [1.165, 1.54) is 65.0 Å². The lowest BCUT2D eigenvalue weighted by Gasteiger charge is -2.16. The van der Waals surface area contributed by atoms with E-state index >= 15 is 0 Å². The molecule has 96 valence electrons. The Morgan fingerprint density at radius 3 is 1.00 bits per heavy atom. The number of nitrogens with one attached hydrogen (secondary N) is 3. The predicted octanol–water partition coefficient (Wildman–Crippen LogP) is -2.90. The van der Waals surface area contributed by atoms with Gasteiger partial charge in [-0.15, -0.1) is 0 Å². The normalized spacial score (nSPS) is 35.8. The van der Waals surface area contributed by atoms with Crippen LogP contribution >= 0.6 is 0 Å². The monoisotopic (exact) mass is 230 g/mol. The standard InChI is InChI=1S/C13H29N3/c1-14-8-4-5-9-15(2)11-7-13-16(3)12-6-10-14/h4-13H2,1-3H3/p+3. The minimum absolute atomic E-state index is 1.36. The fourth-order valence-corrected chi connectivity index (χ4v) is 2.61. The summed E-state index contributed by atoms with van der Waals surface area (Å²) in [6, 6.07) is 0. The lowest BCUT2D eigenvalue weighted by Crippen LogP contribution is -3.12. The maximum atomic E-state index is 2.35. The molecule has 0 amide bonds. The van der Waals surface area contributed by atoms with Gasteiger partial charge in [-0.2, -0.15) is 0 Å². The van der Waals surface area contributed by atoms with Gasteiger partial charge in [0.1, 0.15) is 0 Å². The summed E-state index contributed by atoms with van der Waals surface area (Å²) in [6.07, 6.45) is 5.60. The van der Waals surface area contributed by atoms with Crippen LogP contribution in [0.5, 0.6) is 0 Å². The van der Waals surface area contributed by atoms with Crippen molar-refractivity contribution in [2.75, 3.05) is 60.4 Å². The molecule has 0 spiro atoms. The van der Waals surface area contributed by atoms with Gasteiger partial charge in [0.05, 0.1) is 60.4 Å². The van der Waals surface area contributed by atoms with Gasteiger partial charge in [-0.3, -0.25) is 0 Å². The molecule has 0 aromatic heterocycles. The van der Waals surface area contributed by atoms with Crippen molar-refractivity contribution in [1.29, 1.82) is 0 Å². The molecule has 3 heteroatoms. The average molecular weight is 230 g/mol. The van der Waals surface area contributed by atoms with Gasteiger partial charge in [0, 0.05) is 25.7 Å². The summed E-state index contributed by atoms with van der Waals surface area (Å²) >= 11 is 0. The highest BCUT2D eigenvalue weighted by Crippen LogP contribution is 1.80. The molecular weight excluding hydrogens is 198 g/mol. The fourth-order valence-electron chi connectivity index (χ4n) is 2.61. The third kappa shape index (κ3) is 6.46. The zero-order valence-corrected chi connectivity index (χ0v) is 11.6. The third-order valence-electron chi connectivity index (χ3n) is 3.87. The van der Waals surface area contributed by atoms with Crippen LogP contribution in [0.25, 0.3) is 0 Å². The van der Waals surface area contributed by atoms with Crippen molar-refractivity contribution in [3.05, 3.63) is 0 Å². The smallest absolute Gasteiger partial charge is 0.0823 e. The van der Waals surface area contributed by atoms with Crippen LogP contribution in [-0.4, -0.2) is 60.4 Å². The van der Waals surface area contributed by atoms with E-state index in [0.29, 0.717) is 0 Å². The molecule has 1 saturated heterocycles. The summed E-state index contributed by atoms with van der Waals surface area (Å²) in [4.78, 5) is 5.18. The van der Waals surface area contributed by atoms with Gasteiger partial charge in [-0.05, 0) is 0 Å². The molecule has 3 N–H and O–H groups in total. The lowest BCUT2D eigenvalue weighted by atomic mass is 10.2. The molecule has 0 radical (unpaired) electrons. The Hall–Kier alpha value is -0.120. The van der Waals surface area contributed by atoms with Crippen LogP contribution in [0.15, 0.2) is 0 Å². The van der Waals surface area contributed by atoms with Gasteiger partial charge >= 0.3 is 0 Å². The average Bonchev–Trinajstić information content (AvgIpc) is 2.24. The molecule has 1 aliphatic heterocycles. The molecule has 3 nitrogen and oxygen atoms in total. The van der Waals surface area contributed by atoms with E-state index < -0.39 is 0 Å². The molecule has 2 atom stereocenters. The van der Waals surface area contributed by atoms with E-state index in [2.05, 4.69) is 21.1 Å². The number of hydrogen-bond donors (Lipinski definition) is 3. The van der Waals surface area contributed by atoms with Gasteiger partial charge in [-0.25, -0.2) is 0 Å². The molecule has 0 aliphatic carbocycles. The first-order valence-electron chi connectivity index (χ1n) is 7.12. The van der Waals surface area contributed by atoms with Gasteiger partial charge < -0.3 is 14.7 Å². The summed E-state index contributed by atoms with van der Waals surface area (Å²) in [5.41, 5.74) is 0. The van der Waals surface area contributed by atoms with E-state index in [9.17, 15) is 0 Å². The first-order chi connectivity index (χ1) is 7.68. The minimum Gasteiger partial charge on any atom is -0.337 e. The van der Waals surface area contributed by atoms with Crippen LogP contribution in [0.1, 0.15) is 25.7 Å². The molecule has 0 saturated carbocycles. The summed E-state index contributed by atoms with van der Waals surface area (Å²) < 4.78 is 0. The van der Waals surface area contributed by atoms with Gasteiger partial charge in [0.15, 0.2) is 0 Å². The highest BCUT2D eigenvalue weighted by atomic mass is 15.1. The summed E-state index contributed by atoms with van der Waals surface area (Å²) in [5, 5.41) is 0. The SMILES string of the molecule is C[NH+]1CCCC[NH+](C)CCC[NH+](C)CCC1. The second-order valence-corrected chi connectivity index (χ2v) is 5.79. The largest absolute Gasteiger partial charge is 0.337 e. The Labute approximate surface area is 101 Å². The molecule has 1 aliphatic rings. The minimum atomic E-state index is 1.36. The molecule has 2 unspecified atom stereocenters. The molecule has 1 rings (SSSR count). The van der Waals surface area contributed by atoms with Crippen LogP contribution < -0.4 is 14.7 Å². The van der Waals surface area contributed by atoms with Crippen molar-refractivity contribution in [2.24, 2.45) is 0 Å². The first-order valence-corrected chi connectivity index (χ1v) is 7.12. The molecule has 16 heavy (non-hydrogen) atoms. The number of hydrogen-bond acceptors (Lipinski definition) is 0. The molecule has 0 aromatic carbocycles. The van der Waals surface area contributed by atoms with E-state index in [1.54, 1.807) is 14.7 Å². The molecule has 1 fully saturated rings. The van der Waals surface area contributed by atoms with Crippen molar-refractivity contribution in [3.63, 3.8) is 0 Å². The van der Waals surface area contributed by atoms with Crippen molar-refractivity contribution in [3.8, 4) is 0 Å². The van der Waals surface area contributed by atoms with E-state index in [0.717, 1.165) is 0 Å². The predicted molar refractivity (Wildman–Crippen MR) is 68.3 cm³/mol. The molecule has 1 heterocycles. The van der Waals surface area contributed by atoms with Crippen LogP contribution in [0.2, 0.25) is 0 Å². The molecular formula is C13H32N3+3. The Kier molecular flexibility index (Phi) is 7.01. The van der Waals surface area contributed by atoms with E-state index in [-0.39, 0.29) is 0 Å². The quantitative estimate of drug-likeness (QED) is 0.395. The molecule has 0 aromatic rings. The summed E-state index contributed by atoms with van der Waals surface area (Å²) in [6.45, 7) is 8.17. The fraction of sp³-hybridized carbons (Fsp3) is 1.00. The third-order valence-corrected chi connectivity index (χ3v) is 3.87. The first kappa shape index (κ1) is 13.9. The summed E-state index contributed by atoms with van der Waals surface area (Å²) in [5.74, 6) is 0. The second kappa shape index (κ2) is 8.04. The van der Waals surface area contributed by atoms with Crippen LogP contribution in [-0.2, 0) is 0 Å². The van der Waals surface area contributed by atoms with Crippen molar-refractivity contribution in [2.45, 2.75) is 25.7 Å². The Balaban J connectivity index is 2.30. The maximum Gasteiger partial charge on any atom is 0.0823 e. The van der Waals surface area contributed by atoms with Gasteiger partial charge in [-0.1, -0.05) is 0 Å². The Bertz CT molecular complexity index is 155. The molecule has 0 bridgehead atoms. The van der Waals surface area contributed by atoms with Crippen LogP contribution in [0, 0.1) is 0 Å². The van der Waals surface area contributed by atoms with Crippen LogP contribution in [0.4, 0.5) is 0 Å². The zero-order chi connectivity index (χ0) is 11.8. The number of quaternary nitrogens is 3. The van der Waals surface area contributed by atoms with Gasteiger partial charge in [0.2, 0.25) is 0 Å². The number of rotatable bonds is 0. The second-order valence-electron chi connectivity index (χ2n) is 5.79. The van der Waals surface area contributed by atoms with Gasteiger partial charge in [0.25, 0.3) is 0 Å². The van der Waals surface area contributed by atoms with Crippen molar-refractivity contribution in [1.82, 2.24) is 0 Å². The Morgan fingerprint density at radius 1 is 0.438 bits per heavy atom. The highest BCUT2D eigenvalue weighted by Gasteiger charge is 2.10. The van der Waals surface area contributed by atoms with Crippen LogP contribution in [0.3, 0.4) is 0 Å². The van der Waals surface area contributed by atoms with E-state index in [1.807, 2.05) is 0 Å². The van der Waals surface area contributed by atoms with Crippen molar-refractivity contribution < 1.29 is 14.7 Å². The Morgan fingerprint density at radius 2 is 0.688 bits per heavy atom. The van der Waals surface area contributed by atoms with E-state index in [4.69, 9.17) is 0 Å². The summed E-state index contributed by atoms with van der Waals surface area (Å²) in [7, 11) is 7.06. The zero-order valence-electron chi connectivity index (χ0n) is 11.6. The lowest BCUT2D eigenvalue weighted by molar-refractivity contribution is -0.905. The van der Waals surface area contributed by atoms with Crippen molar-refractivity contribution >= 4 is 0 Å². The highest BCUT2D eigenvalue weighted by molar-refractivity contribution is 4.39.